The van der Waals surface area contributed by atoms with Gasteiger partial charge >= 0.3 is 7.82 Å². The van der Waals surface area contributed by atoms with Gasteiger partial charge in [0.05, 0.1) is 24.7 Å². The number of nitrogens with zero attached hydrogens (tertiary/aromatic N) is 3. The molecule has 4 N–H and O–H groups in total. The van der Waals surface area contributed by atoms with Gasteiger partial charge in [0.25, 0.3) is 0 Å². The predicted octanol–water partition coefficient (Wildman–Crippen LogP) is 2.60. The van der Waals surface area contributed by atoms with Gasteiger partial charge in [-0.25, -0.2) is 23.3 Å². The molecule has 3 aromatic rings. The van der Waals surface area contributed by atoms with E-state index in [1.54, 1.807) is 12.3 Å². The van der Waals surface area contributed by atoms with E-state index in [4.69, 9.17) is 24.0 Å². The zero-order chi connectivity index (χ0) is 25.0. The Bertz CT molecular complexity index is 1290. The maximum Gasteiger partial charge on any atom is 0.475 e. The van der Waals surface area contributed by atoms with Crippen molar-refractivity contribution in [2.45, 2.75) is 43.5 Å². The highest BCUT2D eigenvalue weighted by atomic mass is 31.2. The highest BCUT2D eigenvalue weighted by molar-refractivity contribution is 7.48. The number of anilines is 1. The third kappa shape index (κ3) is 4.45. The number of nitrogen functional groups attached to an aromatic ring is 1. The van der Waals surface area contributed by atoms with E-state index in [1.807, 2.05) is 0 Å². The van der Waals surface area contributed by atoms with E-state index in [0.717, 1.165) is 12.1 Å². The number of halogens is 2. The van der Waals surface area contributed by atoms with Crippen molar-refractivity contribution >= 4 is 24.7 Å². The van der Waals surface area contributed by atoms with Crippen molar-refractivity contribution in [3.05, 3.63) is 54.0 Å². The van der Waals surface area contributed by atoms with Crippen LogP contribution in [0.25, 0.3) is 11.0 Å². The maximum absolute atomic E-state index is 13.6. The minimum Gasteiger partial charge on any atom is -0.387 e. The van der Waals surface area contributed by atoms with Crippen LogP contribution >= 0.6 is 7.82 Å². The van der Waals surface area contributed by atoms with Gasteiger partial charge in [0.1, 0.15) is 47.2 Å². The van der Waals surface area contributed by atoms with Crippen LogP contribution < -0.4 is 5.73 Å². The van der Waals surface area contributed by atoms with Crippen LogP contribution in [-0.4, -0.2) is 55.8 Å². The van der Waals surface area contributed by atoms with Crippen molar-refractivity contribution < 1.29 is 41.9 Å². The summed E-state index contributed by atoms with van der Waals surface area (Å²) in [6, 6.07) is 4.52. The molecule has 0 spiro atoms. The second kappa shape index (κ2) is 8.86. The second-order valence-corrected chi connectivity index (χ2v) is 10.2. The smallest absolute Gasteiger partial charge is 0.387 e. The van der Waals surface area contributed by atoms with Crippen LogP contribution in [0.2, 0.25) is 0 Å². The lowest BCUT2D eigenvalue weighted by Crippen LogP contribution is -2.44. The minimum absolute atomic E-state index is 0.0506. The molecular formula is C21H23F2N4O7P. The number of rotatable bonds is 5. The number of benzene rings is 1. The standard InChI is InChI=1S/C21H23F2N4O7P/c1-21(29)17(28)16(33-20(21)27-4-2-14-18(24)25-10-26-19(14)27)9-32-35(30)31-5-3-15(34-35)11-6-12(22)8-13(23)7-11/h2,4,6-8,10,15-17,20,28-29H,3,5,9H2,1H3,(H2,24,25,26)/t15-,16+,17+,20+,21+,35+/m0/s1. The number of fused-ring (bicyclic) bond motifs is 1. The minimum atomic E-state index is -4.17. The van der Waals surface area contributed by atoms with E-state index in [-0.39, 0.29) is 24.4 Å². The third-order valence-electron chi connectivity index (χ3n) is 6.09. The van der Waals surface area contributed by atoms with Gasteiger partial charge < -0.3 is 25.3 Å². The summed E-state index contributed by atoms with van der Waals surface area (Å²) < 4.78 is 63.6. The summed E-state index contributed by atoms with van der Waals surface area (Å²) >= 11 is 0. The first-order valence-corrected chi connectivity index (χ1v) is 12.2. The number of nitrogens with two attached hydrogens (primary N) is 1. The molecule has 5 rings (SSSR count). The van der Waals surface area contributed by atoms with E-state index in [2.05, 4.69) is 9.97 Å². The van der Waals surface area contributed by atoms with Gasteiger partial charge in [-0.1, -0.05) is 0 Å². The Morgan fingerprint density at radius 3 is 2.80 bits per heavy atom. The normalized spacial score (nSPS) is 33.4. The van der Waals surface area contributed by atoms with Gasteiger partial charge in [0, 0.05) is 18.7 Å². The van der Waals surface area contributed by atoms with Crippen molar-refractivity contribution in [3.8, 4) is 0 Å². The lowest BCUT2D eigenvalue weighted by Gasteiger charge is -2.30. The second-order valence-electron chi connectivity index (χ2n) is 8.58. The molecular weight excluding hydrogens is 489 g/mol. The van der Waals surface area contributed by atoms with E-state index in [1.165, 1.54) is 17.8 Å². The Labute approximate surface area is 198 Å². The molecule has 11 nitrogen and oxygen atoms in total. The van der Waals surface area contributed by atoms with Crippen molar-refractivity contribution in [1.82, 2.24) is 14.5 Å². The molecule has 2 aliphatic heterocycles. The molecule has 2 aromatic heterocycles. The Morgan fingerprint density at radius 1 is 1.31 bits per heavy atom. The molecule has 35 heavy (non-hydrogen) atoms. The summed E-state index contributed by atoms with van der Waals surface area (Å²) in [7, 11) is -4.17. The highest BCUT2D eigenvalue weighted by Crippen LogP contribution is 2.57. The Hall–Kier alpha value is -2.51. The van der Waals surface area contributed by atoms with Gasteiger partial charge in [-0.05, 0) is 30.7 Å². The molecule has 2 aliphatic rings. The van der Waals surface area contributed by atoms with Crippen LogP contribution in [0.4, 0.5) is 14.6 Å². The van der Waals surface area contributed by atoms with Crippen molar-refractivity contribution in [2.24, 2.45) is 0 Å². The van der Waals surface area contributed by atoms with Gasteiger partial charge in [0.2, 0.25) is 0 Å². The fraction of sp³-hybridized carbons (Fsp3) is 0.429. The highest BCUT2D eigenvalue weighted by Gasteiger charge is 2.54. The number of aliphatic hydroxyl groups is 2. The molecule has 4 heterocycles. The van der Waals surface area contributed by atoms with Crippen LogP contribution in [-0.2, 0) is 22.9 Å². The number of hydrogen-bond acceptors (Lipinski definition) is 10. The first kappa shape index (κ1) is 24.2. The lowest BCUT2D eigenvalue weighted by atomic mass is 9.96. The maximum atomic E-state index is 13.6. The lowest BCUT2D eigenvalue weighted by molar-refractivity contribution is -0.0950. The number of ether oxygens (including phenoxy) is 1. The summed E-state index contributed by atoms with van der Waals surface area (Å²) in [5.41, 5.74) is 4.61. The Kier molecular flexibility index (Phi) is 6.12. The molecule has 2 saturated heterocycles. The van der Waals surface area contributed by atoms with Crippen molar-refractivity contribution in [3.63, 3.8) is 0 Å². The molecule has 0 amide bonds. The summed E-state index contributed by atoms with van der Waals surface area (Å²) in [6.45, 7) is 0.861. The van der Waals surface area contributed by atoms with Crippen LogP contribution in [0.5, 0.6) is 0 Å². The van der Waals surface area contributed by atoms with Gasteiger partial charge in [-0.3, -0.25) is 13.6 Å². The SMILES string of the molecule is C[C@@]1(O)[C@H](O)[C@@H](CO[P@@]2(=O)OCC[C@@H](c3cc(F)cc(F)c3)O2)O[C@H]1n1ccc2c(N)ncnc21. The fourth-order valence-electron chi connectivity index (χ4n) is 4.29. The quantitative estimate of drug-likeness (QED) is 0.435. The van der Waals surface area contributed by atoms with E-state index < -0.39 is 56.2 Å². The van der Waals surface area contributed by atoms with Gasteiger partial charge in [0.15, 0.2) is 6.23 Å². The number of phosphoric acid groups is 1. The summed E-state index contributed by atoms with van der Waals surface area (Å²) in [5.74, 6) is -1.36. The summed E-state index contributed by atoms with van der Waals surface area (Å²) in [6.07, 6.45) is -1.55. The zero-order valence-electron chi connectivity index (χ0n) is 18.5. The van der Waals surface area contributed by atoms with E-state index in [9.17, 15) is 23.6 Å². The molecule has 14 heteroatoms. The van der Waals surface area contributed by atoms with Crippen LogP contribution in [0.1, 0.15) is 31.2 Å². The number of aliphatic hydroxyl groups excluding tert-OH is 1. The average molecular weight is 512 g/mol. The zero-order valence-corrected chi connectivity index (χ0v) is 19.3. The molecule has 188 valence electrons. The molecule has 6 atom stereocenters. The Balaban J connectivity index is 1.31. The molecule has 2 fully saturated rings. The van der Waals surface area contributed by atoms with Gasteiger partial charge in [-0.15, -0.1) is 0 Å². The molecule has 0 unspecified atom stereocenters. The van der Waals surface area contributed by atoms with E-state index >= 15 is 0 Å². The fourth-order valence-corrected chi connectivity index (χ4v) is 5.68. The summed E-state index contributed by atoms with van der Waals surface area (Å²) in [5, 5.41) is 22.3. The number of hydrogen-bond donors (Lipinski definition) is 3. The predicted molar refractivity (Wildman–Crippen MR) is 117 cm³/mol. The number of phosphoric ester groups is 1. The molecule has 0 saturated carbocycles. The van der Waals surface area contributed by atoms with Crippen LogP contribution in [0.15, 0.2) is 36.8 Å². The molecule has 0 aliphatic carbocycles. The molecule has 0 radical (unpaired) electrons. The number of aromatic nitrogens is 3. The molecule has 0 bridgehead atoms. The van der Waals surface area contributed by atoms with Gasteiger partial charge in [-0.2, -0.15) is 0 Å². The van der Waals surface area contributed by atoms with Crippen LogP contribution in [0, 0.1) is 11.6 Å². The average Bonchev–Trinajstić information content (AvgIpc) is 3.31. The largest absolute Gasteiger partial charge is 0.475 e. The van der Waals surface area contributed by atoms with E-state index in [0.29, 0.717) is 17.1 Å². The first-order valence-electron chi connectivity index (χ1n) is 10.7. The third-order valence-corrected chi connectivity index (χ3v) is 7.56. The summed E-state index contributed by atoms with van der Waals surface area (Å²) in [4.78, 5) is 8.09. The van der Waals surface area contributed by atoms with Crippen molar-refractivity contribution in [1.29, 1.82) is 0 Å². The first-order chi connectivity index (χ1) is 16.6. The Morgan fingerprint density at radius 2 is 2.06 bits per heavy atom. The molecule has 1 aromatic carbocycles. The van der Waals surface area contributed by atoms with Crippen LogP contribution in [0.3, 0.4) is 0 Å². The van der Waals surface area contributed by atoms with Crippen molar-refractivity contribution in [2.75, 3.05) is 18.9 Å². The topological polar surface area (TPSA) is 151 Å². The monoisotopic (exact) mass is 512 g/mol.